The number of esters is 1. The highest BCUT2D eigenvalue weighted by Gasteiger charge is 2.59. The van der Waals surface area contributed by atoms with Gasteiger partial charge in [0.15, 0.2) is 6.61 Å². The molecular weight excluding hydrogens is 636 g/mol. The minimum Gasteiger partial charge on any atom is -0.496 e. The van der Waals surface area contributed by atoms with Crippen LogP contribution in [0.2, 0.25) is 0 Å². The highest BCUT2D eigenvalue weighted by atomic mass is 16.6. The number of fused-ring (bicyclic) bond motifs is 6. The van der Waals surface area contributed by atoms with Crippen LogP contribution in [0.3, 0.4) is 0 Å². The summed E-state index contributed by atoms with van der Waals surface area (Å²) in [5.74, 6) is 5.57. The average Bonchev–Trinajstić information content (AvgIpc) is 3.48. The van der Waals surface area contributed by atoms with Crippen molar-refractivity contribution in [2.75, 3.05) is 13.7 Å². The van der Waals surface area contributed by atoms with Crippen molar-refractivity contribution >= 4 is 16.9 Å². The standard InChI is InChI=1S/C45H58O6/c1-28(2)10-9-11-29(3)37-18-19-38-34-16-14-30-24-32(20-22-44(30,4)39(34)21-23-45(37,38)5)51-42(46)27-49-31-15-17-35-41(25-31)50-26-36(43(35)47)33-12-7-8-13-40(33)48-6/h7-8,12-15,17,25-26,28-29,32,34,37-39H,9-11,16,18-24,27H2,1-6H3/t29-,32+,34+,37-,38+,39+,44+,45-/m1/s1. The van der Waals surface area contributed by atoms with E-state index in [4.69, 9.17) is 18.6 Å². The Morgan fingerprint density at radius 3 is 2.59 bits per heavy atom. The van der Waals surface area contributed by atoms with Gasteiger partial charge >= 0.3 is 5.97 Å². The van der Waals surface area contributed by atoms with Gasteiger partial charge in [-0.1, -0.05) is 83.7 Å². The summed E-state index contributed by atoms with van der Waals surface area (Å²) in [5.41, 5.74) is 3.56. The first-order valence-electron chi connectivity index (χ1n) is 19.7. The van der Waals surface area contributed by atoms with E-state index in [0.717, 1.165) is 54.8 Å². The quantitative estimate of drug-likeness (QED) is 0.147. The predicted molar refractivity (Wildman–Crippen MR) is 203 cm³/mol. The van der Waals surface area contributed by atoms with Gasteiger partial charge in [0.1, 0.15) is 29.4 Å². The van der Waals surface area contributed by atoms with Crippen LogP contribution in [0, 0.1) is 46.3 Å². The molecule has 1 heterocycles. The van der Waals surface area contributed by atoms with Crippen molar-refractivity contribution in [3.63, 3.8) is 0 Å². The normalized spacial score (nSPS) is 30.6. The molecule has 0 amide bonds. The highest BCUT2D eigenvalue weighted by molar-refractivity contribution is 5.84. The fourth-order valence-corrected chi connectivity index (χ4v) is 11.4. The fraction of sp³-hybridized carbons (Fsp3) is 0.600. The van der Waals surface area contributed by atoms with E-state index in [1.807, 2.05) is 24.3 Å². The SMILES string of the molecule is COc1ccccc1-c1coc2cc(OCC(=O)O[C@H]3CC[C@@]4(C)C(=CC[C@H]5[C@@H]6CC[C@H]([C@H](C)CCCC(C)C)[C@@]6(C)CC[C@@H]54)C3)ccc2c1=O. The molecule has 6 nitrogen and oxygen atoms in total. The molecule has 274 valence electrons. The summed E-state index contributed by atoms with van der Waals surface area (Å²) in [6, 6.07) is 12.4. The second-order valence-electron chi connectivity index (χ2n) is 17.3. The number of hydrogen-bond donors (Lipinski definition) is 0. The first-order chi connectivity index (χ1) is 24.5. The second-order valence-corrected chi connectivity index (χ2v) is 17.3. The molecule has 0 bridgehead atoms. The zero-order valence-electron chi connectivity index (χ0n) is 31.7. The maximum Gasteiger partial charge on any atom is 0.344 e. The van der Waals surface area contributed by atoms with Gasteiger partial charge in [-0.2, -0.15) is 0 Å². The van der Waals surface area contributed by atoms with E-state index in [1.165, 1.54) is 63.2 Å². The first kappa shape index (κ1) is 35.8. The molecule has 0 saturated heterocycles. The Morgan fingerprint density at radius 1 is 0.961 bits per heavy atom. The summed E-state index contributed by atoms with van der Waals surface area (Å²) in [6.07, 6.45) is 17.6. The van der Waals surface area contributed by atoms with E-state index < -0.39 is 0 Å². The van der Waals surface area contributed by atoms with Crippen LogP contribution in [0.4, 0.5) is 0 Å². The topological polar surface area (TPSA) is 75.0 Å². The van der Waals surface area contributed by atoms with Crippen molar-refractivity contribution < 1.29 is 23.4 Å². The monoisotopic (exact) mass is 694 g/mol. The molecular formula is C45H58O6. The number of ether oxygens (including phenoxy) is 3. The molecule has 2 aromatic carbocycles. The van der Waals surface area contributed by atoms with Crippen molar-refractivity contribution in [3.05, 3.63) is 70.6 Å². The summed E-state index contributed by atoms with van der Waals surface area (Å²) in [7, 11) is 1.58. The van der Waals surface area contributed by atoms with Gasteiger partial charge in [-0.15, -0.1) is 0 Å². The van der Waals surface area contributed by atoms with Crippen LogP contribution >= 0.6 is 0 Å². The molecule has 6 heteroatoms. The smallest absolute Gasteiger partial charge is 0.344 e. The van der Waals surface area contributed by atoms with Crippen molar-refractivity contribution in [1.29, 1.82) is 0 Å². The molecule has 0 spiro atoms. The van der Waals surface area contributed by atoms with E-state index in [0.29, 0.717) is 39.0 Å². The molecule has 3 fully saturated rings. The van der Waals surface area contributed by atoms with Crippen molar-refractivity contribution in [2.24, 2.45) is 46.3 Å². The van der Waals surface area contributed by atoms with Crippen LogP contribution < -0.4 is 14.9 Å². The van der Waals surface area contributed by atoms with E-state index in [-0.39, 0.29) is 29.5 Å². The Labute approximate surface area is 304 Å². The summed E-state index contributed by atoms with van der Waals surface area (Å²) >= 11 is 0. The lowest BCUT2D eigenvalue weighted by Crippen LogP contribution is -2.51. The van der Waals surface area contributed by atoms with Crippen LogP contribution in [0.1, 0.15) is 105 Å². The highest BCUT2D eigenvalue weighted by Crippen LogP contribution is 2.67. The van der Waals surface area contributed by atoms with E-state index in [1.54, 1.807) is 25.3 Å². The van der Waals surface area contributed by atoms with Crippen molar-refractivity contribution in [1.82, 2.24) is 0 Å². The number of benzene rings is 2. The van der Waals surface area contributed by atoms with E-state index in [9.17, 15) is 9.59 Å². The molecule has 4 aliphatic carbocycles. The molecule has 0 N–H and O–H groups in total. The zero-order chi connectivity index (χ0) is 35.9. The Bertz CT molecular complexity index is 1820. The van der Waals surface area contributed by atoms with Crippen LogP contribution in [0.15, 0.2) is 69.6 Å². The lowest BCUT2D eigenvalue weighted by Gasteiger charge is -2.58. The van der Waals surface area contributed by atoms with Crippen molar-refractivity contribution in [2.45, 2.75) is 111 Å². The van der Waals surface area contributed by atoms with E-state index in [2.05, 4.69) is 40.7 Å². The van der Waals surface area contributed by atoms with Crippen LogP contribution in [-0.4, -0.2) is 25.8 Å². The molecule has 3 aromatic rings. The lowest BCUT2D eigenvalue weighted by molar-refractivity contribution is -0.153. The molecule has 0 unspecified atom stereocenters. The summed E-state index contributed by atoms with van der Waals surface area (Å²) < 4.78 is 23.2. The van der Waals surface area contributed by atoms with Gasteiger partial charge < -0.3 is 18.6 Å². The van der Waals surface area contributed by atoms with Gasteiger partial charge in [0.2, 0.25) is 5.43 Å². The third-order valence-corrected chi connectivity index (χ3v) is 14.1. The summed E-state index contributed by atoms with van der Waals surface area (Å²) in [5, 5.41) is 0.434. The number of allylic oxidation sites excluding steroid dienone is 1. The Balaban J connectivity index is 0.950. The number of carbonyl (C=O) groups excluding carboxylic acids is 1. The second kappa shape index (κ2) is 14.5. The molecule has 4 aliphatic rings. The Morgan fingerprint density at radius 2 is 1.78 bits per heavy atom. The van der Waals surface area contributed by atoms with Gasteiger partial charge in [0, 0.05) is 18.1 Å². The van der Waals surface area contributed by atoms with Gasteiger partial charge in [0.25, 0.3) is 0 Å². The van der Waals surface area contributed by atoms with Gasteiger partial charge in [-0.05, 0) is 109 Å². The molecule has 51 heavy (non-hydrogen) atoms. The van der Waals surface area contributed by atoms with Crippen LogP contribution in [-0.2, 0) is 9.53 Å². The number of hydrogen-bond acceptors (Lipinski definition) is 6. The first-order valence-corrected chi connectivity index (χ1v) is 19.7. The molecule has 0 aliphatic heterocycles. The Kier molecular flexibility index (Phi) is 10.2. The van der Waals surface area contributed by atoms with Gasteiger partial charge in [-0.3, -0.25) is 4.79 Å². The van der Waals surface area contributed by atoms with Crippen LogP contribution in [0.25, 0.3) is 22.1 Å². The number of rotatable bonds is 11. The minimum absolute atomic E-state index is 0.114. The predicted octanol–water partition coefficient (Wildman–Crippen LogP) is 10.8. The lowest BCUT2D eigenvalue weighted by atomic mass is 9.47. The molecule has 3 saturated carbocycles. The molecule has 8 atom stereocenters. The van der Waals surface area contributed by atoms with Crippen molar-refractivity contribution in [3.8, 4) is 22.6 Å². The maximum absolute atomic E-state index is 13.3. The summed E-state index contributed by atoms with van der Waals surface area (Å²) in [4.78, 5) is 26.3. The molecule has 1 aromatic heterocycles. The van der Waals surface area contributed by atoms with E-state index >= 15 is 0 Å². The largest absolute Gasteiger partial charge is 0.496 e. The molecule has 7 rings (SSSR count). The fourth-order valence-electron chi connectivity index (χ4n) is 11.4. The summed E-state index contributed by atoms with van der Waals surface area (Å²) in [6.45, 7) is 12.3. The van der Waals surface area contributed by atoms with Crippen LogP contribution in [0.5, 0.6) is 11.5 Å². The third kappa shape index (κ3) is 6.77. The number of carbonyl (C=O) groups is 1. The zero-order valence-corrected chi connectivity index (χ0v) is 31.7. The molecule has 0 radical (unpaired) electrons. The Hall–Kier alpha value is -3.54. The van der Waals surface area contributed by atoms with Gasteiger partial charge in [-0.25, -0.2) is 4.79 Å². The average molecular weight is 695 g/mol. The third-order valence-electron chi connectivity index (χ3n) is 14.1. The van der Waals surface area contributed by atoms with Gasteiger partial charge in [0.05, 0.1) is 18.1 Å². The minimum atomic E-state index is -0.362. The number of methoxy groups -OCH3 is 1. The maximum atomic E-state index is 13.3. The number of para-hydroxylation sites is 1.